The number of hydrogen-bond acceptors (Lipinski definition) is 4. The molecule has 0 aliphatic carbocycles. The number of nitrogens with zero attached hydrogens (tertiary/aromatic N) is 1. The average Bonchev–Trinajstić information content (AvgIpc) is 2.97. The van der Waals surface area contributed by atoms with E-state index in [2.05, 4.69) is 15.0 Å². The zero-order chi connectivity index (χ0) is 16.9. The van der Waals surface area contributed by atoms with Crippen molar-refractivity contribution in [2.75, 3.05) is 6.61 Å². The molecule has 0 aromatic carbocycles. The highest BCUT2D eigenvalue weighted by Crippen LogP contribution is 2.17. The van der Waals surface area contributed by atoms with Crippen molar-refractivity contribution in [3.63, 3.8) is 0 Å². The summed E-state index contributed by atoms with van der Waals surface area (Å²) in [5.41, 5.74) is 0.232. The predicted molar refractivity (Wildman–Crippen MR) is 75.1 cm³/mol. The van der Waals surface area contributed by atoms with E-state index in [0.29, 0.717) is 6.42 Å². The Bertz CT molecular complexity index is 624. The number of rotatable bonds is 6. The van der Waals surface area contributed by atoms with E-state index in [0.717, 1.165) is 5.76 Å². The quantitative estimate of drug-likeness (QED) is 0.885. The molecule has 8 heteroatoms. The number of hydrogen-bond donors (Lipinski definition) is 1. The molecule has 0 saturated carbocycles. The van der Waals surface area contributed by atoms with Crippen molar-refractivity contribution >= 4 is 5.91 Å². The van der Waals surface area contributed by atoms with Gasteiger partial charge in [-0.25, -0.2) is 4.98 Å². The molecule has 124 valence electrons. The Morgan fingerprint density at radius 3 is 2.74 bits per heavy atom. The van der Waals surface area contributed by atoms with Gasteiger partial charge in [0.2, 0.25) is 5.88 Å². The highest BCUT2D eigenvalue weighted by molar-refractivity contribution is 5.94. The van der Waals surface area contributed by atoms with E-state index >= 15 is 0 Å². The minimum Gasteiger partial charge on any atom is -0.469 e. The fraction of sp³-hybridized carbons (Fsp3) is 0.333. The summed E-state index contributed by atoms with van der Waals surface area (Å²) in [6.07, 6.45) is -1.19. The molecule has 2 aromatic rings. The molecule has 1 amide bonds. The van der Waals surface area contributed by atoms with E-state index in [1.807, 2.05) is 6.92 Å². The molecule has 1 N–H and O–H groups in total. The standard InChI is InChI=1S/C15H15F3N2O3/c1-10(7-12-3-2-6-22-12)20-14(21)11-4-5-13(19-8-11)23-9-15(16,17)18/h2-6,8,10H,7,9H2,1H3,(H,20,21)/t10-/m0/s1. The van der Waals surface area contributed by atoms with Crippen LogP contribution in [0.15, 0.2) is 41.1 Å². The molecule has 23 heavy (non-hydrogen) atoms. The number of aromatic nitrogens is 1. The second-order valence-electron chi connectivity index (χ2n) is 4.95. The maximum atomic E-state index is 12.0. The first-order valence-electron chi connectivity index (χ1n) is 6.82. The van der Waals surface area contributed by atoms with Gasteiger partial charge in [-0.2, -0.15) is 13.2 Å². The Kier molecular flexibility index (Phi) is 5.25. The third-order valence-corrected chi connectivity index (χ3v) is 2.85. The second kappa shape index (κ2) is 7.17. The van der Waals surface area contributed by atoms with Crippen LogP contribution in [0.4, 0.5) is 13.2 Å². The van der Waals surface area contributed by atoms with Crippen LogP contribution in [0.25, 0.3) is 0 Å². The highest BCUT2D eigenvalue weighted by Gasteiger charge is 2.28. The summed E-state index contributed by atoms with van der Waals surface area (Å²) >= 11 is 0. The van der Waals surface area contributed by atoms with Crippen molar-refractivity contribution < 1.29 is 27.1 Å². The molecular weight excluding hydrogens is 313 g/mol. The van der Waals surface area contributed by atoms with Gasteiger partial charge in [-0.3, -0.25) is 4.79 Å². The van der Waals surface area contributed by atoms with Crippen molar-refractivity contribution in [3.05, 3.63) is 48.0 Å². The summed E-state index contributed by atoms with van der Waals surface area (Å²) in [6.45, 7) is 0.389. The molecule has 0 spiro atoms. The molecule has 1 atom stereocenters. The van der Waals surface area contributed by atoms with E-state index in [1.54, 1.807) is 18.4 Å². The van der Waals surface area contributed by atoms with Gasteiger partial charge in [-0.05, 0) is 25.1 Å². The lowest BCUT2D eigenvalue weighted by Gasteiger charge is -2.13. The minimum absolute atomic E-state index is 0.171. The molecule has 5 nitrogen and oxygen atoms in total. The number of pyridine rings is 1. The summed E-state index contributed by atoms with van der Waals surface area (Å²) in [4.78, 5) is 15.7. The van der Waals surface area contributed by atoms with Gasteiger partial charge in [0.05, 0.1) is 11.8 Å². The van der Waals surface area contributed by atoms with Crippen LogP contribution >= 0.6 is 0 Å². The Morgan fingerprint density at radius 1 is 1.39 bits per heavy atom. The maximum absolute atomic E-state index is 12.0. The van der Waals surface area contributed by atoms with Gasteiger partial charge >= 0.3 is 6.18 Å². The molecular formula is C15H15F3N2O3. The SMILES string of the molecule is C[C@@H](Cc1ccco1)NC(=O)c1ccc(OCC(F)(F)F)nc1. The van der Waals surface area contributed by atoms with Crippen LogP contribution in [0, 0.1) is 0 Å². The normalized spacial score (nSPS) is 12.7. The molecule has 2 heterocycles. The Morgan fingerprint density at radius 2 is 2.17 bits per heavy atom. The summed E-state index contributed by atoms with van der Waals surface area (Å²) in [6, 6.07) is 5.96. The number of carbonyl (C=O) groups is 1. The van der Waals surface area contributed by atoms with E-state index in [4.69, 9.17) is 4.42 Å². The third-order valence-electron chi connectivity index (χ3n) is 2.85. The van der Waals surface area contributed by atoms with Gasteiger partial charge in [0.25, 0.3) is 5.91 Å². The average molecular weight is 328 g/mol. The third kappa shape index (κ3) is 5.65. The lowest BCUT2D eigenvalue weighted by Crippen LogP contribution is -2.34. The fourth-order valence-electron chi connectivity index (χ4n) is 1.84. The van der Waals surface area contributed by atoms with Crippen LogP contribution in [0.5, 0.6) is 5.88 Å². The number of carbonyl (C=O) groups excluding carboxylic acids is 1. The molecule has 2 aromatic heterocycles. The van der Waals surface area contributed by atoms with Gasteiger partial charge in [0.1, 0.15) is 5.76 Å². The predicted octanol–water partition coefficient (Wildman–Crippen LogP) is 2.98. The Labute approximate surface area is 130 Å². The zero-order valence-corrected chi connectivity index (χ0v) is 12.3. The summed E-state index contributed by atoms with van der Waals surface area (Å²) < 4.78 is 45.7. The van der Waals surface area contributed by atoms with Crippen molar-refractivity contribution in [2.24, 2.45) is 0 Å². The summed E-state index contributed by atoms with van der Waals surface area (Å²) in [7, 11) is 0. The van der Waals surface area contributed by atoms with Crippen LogP contribution in [-0.4, -0.2) is 29.7 Å². The monoisotopic (exact) mass is 328 g/mol. The molecule has 0 saturated heterocycles. The topological polar surface area (TPSA) is 64.4 Å². The number of ether oxygens (including phenoxy) is 1. The van der Waals surface area contributed by atoms with Gasteiger partial charge < -0.3 is 14.5 Å². The van der Waals surface area contributed by atoms with E-state index in [9.17, 15) is 18.0 Å². The van der Waals surface area contributed by atoms with Gasteiger partial charge in [0, 0.05) is 24.7 Å². The highest BCUT2D eigenvalue weighted by atomic mass is 19.4. The molecule has 0 bridgehead atoms. The number of furan rings is 1. The first-order chi connectivity index (χ1) is 10.8. The van der Waals surface area contributed by atoms with Gasteiger partial charge in [-0.15, -0.1) is 0 Å². The number of alkyl halides is 3. The van der Waals surface area contributed by atoms with Crippen molar-refractivity contribution in [3.8, 4) is 5.88 Å². The Balaban J connectivity index is 1.87. The molecule has 0 fully saturated rings. The zero-order valence-electron chi connectivity index (χ0n) is 12.3. The largest absolute Gasteiger partial charge is 0.469 e. The fourth-order valence-corrected chi connectivity index (χ4v) is 1.84. The van der Waals surface area contributed by atoms with Crippen LogP contribution in [-0.2, 0) is 6.42 Å². The lowest BCUT2D eigenvalue weighted by atomic mass is 10.2. The van der Waals surface area contributed by atoms with Crippen molar-refractivity contribution in [1.29, 1.82) is 0 Å². The molecule has 0 unspecified atom stereocenters. The van der Waals surface area contributed by atoms with Gasteiger partial charge in [-0.1, -0.05) is 0 Å². The van der Waals surface area contributed by atoms with Crippen LogP contribution in [0.1, 0.15) is 23.0 Å². The first-order valence-corrected chi connectivity index (χ1v) is 6.82. The minimum atomic E-state index is -4.43. The summed E-state index contributed by atoms with van der Waals surface area (Å²) in [5, 5.41) is 2.75. The Hall–Kier alpha value is -2.51. The van der Waals surface area contributed by atoms with E-state index in [-0.39, 0.29) is 23.4 Å². The lowest BCUT2D eigenvalue weighted by molar-refractivity contribution is -0.154. The van der Waals surface area contributed by atoms with Crippen LogP contribution in [0.3, 0.4) is 0 Å². The smallest absolute Gasteiger partial charge is 0.422 e. The number of halogens is 3. The van der Waals surface area contributed by atoms with Crippen LogP contribution in [0.2, 0.25) is 0 Å². The van der Waals surface area contributed by atoms with Crippen molar-refractivity contribution in [2.45, 2.75) is 25.6 Å². The molecule has 0 radical (unpaired) electrons. The molecule has 2 rings (SSSR count). The van der Waals surface area contributed by atoms with Crippen molar-refractivity contribution in [1.82, 2.24) is 10.3 Å². The van der Waals surface area contributed by atoms with Gasteiger partial charge in [0.15, 0.2) is 6.61 Å². The van der Waals surface area contributed by atoms with E-state index in [1.165, 1.54) is 18.3 Å². The number of amides is 1. The molecule has 0 aliphatic heterocycles. The van der Waals surface area contributed by atoms with E-state index < -0.39 is 12.8 Å². The second-order valence-corrected chi connectivity index (χ2v) is 4.95. The maximum Gasteiger partial charge on any atom is 0.422 e. The van der Waals surface area contributed by atoms with Crippen LogP contribution < -0.4 is 10.1 Å². The first kappa shape index (κ1) is 16.9. The summed E-state index contributed by atoms with van der Waals surface area (Å²) in [5.74, 6) is 0.174. The number of nitrogens with one attached hydrogen (secondary N) is 1. The molecule has 0 aliphatic rings.